The Morgan fingerprint density at radius 3 is 2.48 bits per heavy atom. The second-order valence-corrected chi connectivity index (χ2v) is 6.07. The van der Waals surface area contributed by atoms with Crippen LogP contribution in [0.25, 0.3) is 22.2 Å². The standard InChI is InChI=1S/C14H13N3O2.C7H6O3/c1-19-13-5-8(2-3-12(13)18)9-4-10-11(15)7-17-14(10)16-6-9;8-6-4-2-1-3-5(6)7(9)10/h2-7,18H,15H2,1H3,(H,16,17);1-4,8H,(H,9,10). The highest BCUT2D eigenvalue weighted by Gasteiger charge is 2.08. The summed E-state index contributed by atoms with van der Waals surface area (Å²) in [6.45, 7) is 0. The van der Waals surface area contributed by atoms with E-state index in [2.05, 4.69) is 9.97 Å². The molecule has 8 nitrogen and oxygen atoms in total. The summed E-state index contributed by atoms with van der Waals surface area (Å²) >= 11 is 0. The zero-order valence-electron chi connectivity index (χ0n) is 15.5. The van der Waals surface area contributed by atoms with Gasteiger partial charge in [0.25, 0.3) is 0 Å². The predicted octanol–water partition coefficient (Wildman–Crippen LogP) is 3.62. The topological polar surface area (TPSA) is 142 Å². The molecule has 2 aromatic heterocycles. The van der Waals surface area contributed by atoms with Gasteiger partial charge in [-0.15, -0.1) is 0 Å². The Labute approximate surface area is 165 Å². The molecule has 148 valence electrons. The van der Waals surface area contributed by atoms with Crippen LogP contribution in [0.15, 0.2) is 60.9 Å². The van der Waals surface area contributed by atoms with Crippen LogP contribution in [0.1, 0.15) is 10.4 Å². The number of nitrogens with two attached hydrogens (primary N) is 1. The van der Waals surface area contributed by atoms with Crippen LogP contribution in [-0.2, 0) is 0 Å². The number of phenols is 2. The van der Waals surface area contributed by atoms with Crippen molar-refractivity contribution >= 4 is 22.7 Å². The van der Waals surface area contributed by atoms with Crippen LogP contribution in [0, 0.1) is 0 Å². The highest BCUT2D eigenvalue weighted by molar-refractivity contribution is 5.92. The first-order valence-corrected chi connectivity index (χ1v) is 8.52. The average molecular weight is 393 g/mol. The van der Waals surface area contributed by atoms with E-state index in [1.165, 1.54) is 19.2 Å². The summed E-state index contributed by atoms with van der Waals surface area (Å²) in [5.74, 6) is -0.769. The summed E-state index contributed by atoms with van der Waals surface area (Å²) in [6.07, 6.45) is 3.48. The van der Waals surface area contributed by atoms with E-state index in [0.717, 1.165) is 22.2 Å². The van der Waals surface area contributed by atoms with Crippen molar-refractivity contribution in [2.45, 2.75) is 0 Å². The van der Waals surface area contributed by atoms with E-state index in [1.54, 1.807) is 36.7 Å². The number of carboxylic acids is 1. The maximum absolute atomic E-state index is 10.3. The number of anilines is 1. The number of nitrogens with zero attached hydrogens (tertiary/aromatic N) is 1. The Balaban J connectivity index is 0.000000204. The largest absolute Gasteiger partial charge is 0.507 e. The molecule has 29 heavy (non-hydrogen) atoms. The Kier molecular flexibility index (Phi) is 5.54. The van der Waals surface area contributed by atoms with Crippen molar-refractivity contribution < 1.29 is 24.9 Å². The van der Waals surface area contributed by atoms with E-state index in [-0.39, 0.29) is 17.1 Å². The number of nitrogens with one attached hydrogen (secondary N) is 1. The van der Waals surface area contributed by atoms with E-state index in [1.807, 2.05) is 12.1 Å². The van der Waals surface area contributed by atoms with Gasteiger partial charge in [-0.05, 0) is 35.9 Å². The van der Waals surface area contributed by atoms with Gasteiger partial charge in [0.05, 0.1) is 12.8 Å². The van der Waals surface area contributed by atoms with Crippen LogP contribution in [-0.4, -0.2) is 38.4 Å². The highest BCUT2D eigenvalue weighted by atomic mass is 16.5. The van der Waals surface area contributed by atoms with Crippen LogP contribution in [0.4, 0.5) is 5.69 Å². The number of fused-ring (bicyclic) bond motifs is 1. The number of H-pyrrole nitrogens is 1. The molecule has 2 heterocycles. The van der Waals surface area contributed by atoms with E-state index in [4.69, 9.17) is 20.7 Å². The fourth-order valence-corrected chi connectivity index (χ4v) is 2.69. The lowest BCUT2D eigenvalue weighted by Gasteiger charge is -2.07. The van der Waals surface area contributed by atoms with E-state index in [0.29, 0.717) is 11.4 Å². The normalized spacial score (nSPS) is 10.2. The summed E-state index contributed by atoms with van der Waals surface area (Å²) in [7, 11) is 1.52. The minimum atomic E-state index is -1.11. The molecule has 0 bridgehead atoms. The lowest BCUT2D eigenvalue weighted by molar-refractivity contribution is 0.0693. The summed E-state index contributed by atoms with van der Waals surface area (Å²) in [4.78, 5) is 17.6. The molecule has 0 aliphatic rings. The van der Waals surface area contributed by atoms with Gasteiger partial charge >= 0.3 is 5.97 Å². The number of carboxylic acid groups (broad SMARTS) is 1. The number of carbonyl (C=O) groups is 1. The average Bonchev–Trinajstić information content (AvgIpc) is 3.09. The molecule has 4 aromatic rings. The molecule has 6 N–H and O–H groups in total. The van der Waals surface area contributed by atoms with Crippen LogP contribution < -0.4 is 10.5 Å². The first-order chi connectivity index (χ1) is 13.9. The number of para-hydroxylation sites is 1. The van der Waals surface area contributed by atoms with Gasteiger partial charge in [0.15, 0.2) is 11.5 Å². The molecule has 0 fully saturated rings. The van der Waals surface area contributed by atoms with Gasteiger partial charge in [0.2, 0.25) is 0 Å². The van der Waals surface area contributed by atoms with Gasteiger partial charge in [-0.3, -0.25) is 0 Å². The SMILES string of the molecule is COc1cc(-c2cnc3[nH]cc(N)c3c2)ccc1O.O=C(O)c1ccccc1O. The lowest BCUT2D eigenvalue weighted by atomic mass is 10.1. The number of ether oxygens (including phenoxy) is 1. The fraction of sp³-hybridized carbons (Fsp3) is 0.0476. The fourth-order valence-electron chi connectivity index (χ4n) is 2.69. The molecule has 4 rings (SSSR count). The van der Waals surface area contributed by atoms with Gasteiger partial charge in [-0.1, -0.05) is 18.2 Å². The lowest BCUT2D eigenvalue weighted by Crippen LogP contribution is -1.95. The van der Waals surface area contributed by atoms with Crippen LogP contribution in [0.3, 0.4) is 0 Å². The molecule has 0 radical (unpaired) electrons. The molecular formula is C21H19N3O5. The number of aromatic amines is 1. The monoisotopic (exact) mass is 393 g/mol. The van der Waals surface area contributed by atoms with Crippen molar-refractivity contribution in [3.63, 3.8) is 0 Å². The Hall–Kier alpha value is -4.20. The minimum Gasteiger partial charge on any atom is -0.507 e. The molecule has 0 atom stereocenters. The van der Waals surface area contributed by atoms with Crippen molar-refractivity contribution in [3.8, 4) is 28.4 Å². The molecule has 0 saturated carbocycles. The van der Waals surface area contributed by atoms with Crippen LogP contribution in [0.2, 0.25) is 0 Å². The van der Waals surface area contributed by atoms with E-state index in [9.17, 15) is 9.90 Å². The molecule has 2 aromatic carbocycles. The summed E-state index contributed by atoms with van der Waals surface area (Å²) in [5, 5.41) is 27.8. The first-order valence-electron chi connectivity index (χ1n) is 8.52. The van der Waals surface area contributed by atoms with Crippen molar-refractivity contribution in [1.29, 1.82) is 0 Å². The maximum atomic E-state index is 10.3. The quantitative estimate of drug-likeness (QED) is 0.358. The number of aromatic carboxylic acids is 1. The maximum Gasteiger partial charge on any atom is 0.339 e. The van der Waals surface area contributed by atoms with Crippen molar-refractivity contribution in [2.75, 3.05) is 12.8 Å². The number of phenolic OH excluding ortho intramolecular Hbond substituents is 1. The number of hydrogen-bond acceptors (Lipinski definition) is 6. The van der Waals surface area contributed by atoms with Crippen molar-refractivity contribution in [2.24, 2.45) is 0 Å². The summed E-state index contributed by atoms with van der Waals surface area (Å²) < 4.78 is 5.10. The molecule has 0 spiro atoms. The van der Waals surface area contributed by atoms with Gasteiger partial charge in [-0.2, -0.15) is 0 Å². The smallest absolute Gasteiger partial charge is 0.339 e. The minimum absolute atomic E-state index is 0.0671. The summed E-state index contributed by atoms with van der Waals surface area (Å²) in [5.41, 5.74) is 9.04. The number of pyridine rings is 1. The van der Waals surface area contributed by atoms with Gasteiger partial charge in [0, 0.05) is 23.3 Å². The number of benzene rings is 2. The Morgan fingerprint density at radius 2 is 1.83 bits per heavy atom. The zero-order valence-corrected chi connectivity index (χ0v) is 15.5. The third-order valence-corrected chi connectivity index (χ3v) is 4.21. The van der Waals surface area contributed by atoms with Crippen LogP contribution in [0.5, 0.6) is 17.2 Å². The highest BCUT2D eigenvalue weighted by Crippen LogP contribution is 2.32. The number of aromatic nitrogens is 2. The number of nitrogen functional groups attached to an aromatic ring is 1. The van der Waals surface area contributed by atoms with Gasteiger partial charge in [0.1, 0.15) is 17.0 Å². The summed E-state index contributed by atoms with van der Waals surface area (Å²) in [6, 6.07) is 12.9. The second kappa shape index (κ2) is 8.22. The van der Waals surface area contributed by atoms with Gasteiger partial charge < -0.3 is 30.8 Å². The second-order valence-electron chi connectivity index (χ2n) is 6.07. The number of methoxy groups -OCH3 is 1. The first kappa shape index (κ1) is 19.6. The van der Waals surface area contributed by atoms with E-state index < -0.39 is 5.97 Å². The Bertz CT molecular complexity index is 1170. The Morgan fingerprint density at radius 1 is 1.07 bits per heavy atom. The zero-order chi connectivity index (χ0) is 21.0. The van der Waals surface area contributed by atoms with Crippen LogP contribution >= 0.6 is 0 Å². The number of aromatic hydroxyl groups is 2. The molecule has 8 heteroatoms. The van der Waals surface area contributed by atoms with Crippen molar-refractivity contribution in [3.05, 3.63) is 66.5 Å². The molecule has 0 saturated heterocycles. The third kappa shape index (κ3) is 4.22. The van der Waals surface area contributed by atoms with E-state index >= 15 is 0 Å². The third-order valence-electron chi connectivity index (χ3n) is 4.21. The number of hydrogen-bond donors (Lipinski definition) is 5. The molecule has 0 amide bonds. The molecule has 0 aliphatic carbocycles. The number of rotatable bonds is 3. The molecule has 0 aliphatic heterocycles. The molecule has 0 unspecified atom stereocenters. The predicted molar refractivity (Wildman–Crippen MR) is 109 cm³/mol. The molecular weight excluding hydrogens is 374 g/mol. The van der Waals surface area contributed by atoms with Gasteiger partial charge in [-0.25, -0.2) is 9.78 Å². The van der Waals surface area contributed by atoms with Crippen molar-refractivity contribution in [1.82, 2.24) is 9.97 Å².